The number of hydrogen-bond acceptors (Lipinski definition) is 5. The summed E-state index contributed by atoms with van der Waals surface area (Å²) in [5.41, 5.74) is 1.76. The normalized spacial score (nSPS) is 24.8. The van der Waals surface area contributed by atoms with Crippen molar-refractivity contribution >= 4 is 23.3 Å². The second-order valence-electron chi connectivity index (χ2n) is 7.06. The molecule has 2 fully saturated rings. The number of nitrogens with one attached hydrogen (secondary N) is 1. The lowest BCUT2D eigenvalue weighted by Crippen LogP contribution is -2.44. The van der Waals surface area contributed by atoms with Crippen LogP contribution in [-0.2, 0) is 9.59 Å². The van der Waals surface area contributed by atoms with Gasteiger partial charge in [-0.25, -0.2) is 0 Å². The average Bonchev–Trinajstić information content (AvgIpc) is 2.63. The first-order valence-electron chi connectivity index (χ1n) is 8.96. The summed E-state index contributed by atoms with van der Waals surface area (Å²) in [6, 6.07) is 1.95. The zero-order chi connectivity index (χ0) is 17.8. The fourth-order valence-electron chi connectivity index (χ4n) is 3.64. The average molecular weight is 346 g/mol. The number of anilines is 2. The fraction of sp³-hybridized carbons (Fsp3) is 0.611. The molecule has 2 heterocycles. The molecule has 2 N–H and O–H groups in total. The number of carboxylic acids is 1. The summed E-state index contributed by atoms with van der Waals surface area (Å²) in [5, 5.41) is 12.1. The molecular weight excluding hydrogens is 320 g/mol. The molecule has 1 aliphatic carbocycles. The third-order valence-corrected chi connectivity index (χ3v) is 5.35. The second kappa shape index (κ2) is 7.82. The zero-order valence-electron chi connectivity index (χ0n) is 14.6. The number of pyridine rings is 1. The minimum atomic E-state index is -0.747. The molecule has 0 radical (unpaired) electrons. The molecular formula is C18H26N4O3. The van der Waals surface area contributed by atoms with Gasteiger partial charge >= 0.3 is 5.97 Å². The Balaban J connectivity index is 1.63. The molecule has 1 aromatic heterocycles. The monoisotopic (exact) mass is 346 g/mol. The maximum atomic E-state index is 12.6. The third kappa shape index (κ3) is 4.28. The first-order chi connectivity index (χ1) is 12.0. The van der Waals surface area contributed by atoms with E-state index in [0.29, 0.717) is 25.7 Å². The number of hydrogen-bond donors (Lipinski definition) is 2. The Kier molecular flexibility index (Phi) is 5.53. The highest BCUT2D eigenvalue weighted by molar-refractivity contribution is 5.95. The van der Waals surface area contributed by atoms with E-state index in [0.717, 1.165) is 37.6 Å². The lowest BCUT2D eigenvalue weighted by Gasteiger charge is -2.35. The molecule has 25 heavy (non-hydrogen) atoms. The Hall–Kier alpha value is -2.15. The summed E-state index contributed by atoms with van der Waals surface area (Å²) in [7, 11) is 2.11. The molecule has 2 aliphatic rings. The largest absolute Gasteiger partial charge is 0.481 e. The fourth-order valence-corrected chi connectivity index (χ4v) is 3.64. The van der Waals surface area contributed by atoms with Crippen molar-refractivity contribution in [2.75, 3.05) is 43.4 Å². The summed E-state index contributed by atoms with van der Waals surface area (Å²) >= 11 is 0. The summed E-state index contributed by atoms with van der Waals surface area (Å²) < 4.78 is 0. The van der Waals surface area contributed by atoms with Crippen molar-refractivity contribution in [2.45, 2.75) is 25.7 Å². The number of aliphatic carboxylic acids is 1. The van der Waals surface area contributed by atoms with Gasteiger partial charge in [0.2, 0.25) is 5.91 Å². The van der Waals surface area contributed by atoms with E-state index >= 15 is 0 Å². The minimum absolute atomic E-state index is 0.0211. The van der Waals surface area contributed by atoms with Crippen LogP contribution in [0, 0.1) is 11.8 Å². The predicted octanol–water partition coefficient (Wildman–Crippen LogP) is 1.66. The van der Waals surface area contributed by atoms with E-state index in [1.165, 1.54) is 0 Å². The van der Waals surface area contributed by atoms with Crippen LogP contribution in [0.4, 0.5) is 11.4 Å². The molecule has 1 saturated carbocycles. The molecule has 1 aliphatic heterocycles. The van der Waals surface area contributed by atoms with Gasteiger partial charge in [-0.3, -0.25) is 14.6 Å². The lowest BCUT2D eigenvalue weighted by molar-refractivity contribution is -0.143. The van der Waals surface area contributed by atoms with Crippen LogP contribution in [0.1, 0.15) is 25.7 Å². The molecule has 7 heteroatoms. The molecule has 136 valence electrons. The smallest absolute Gasteiger partial charge is 0.306 e. The van der Waals surface area contributed by atoms with Crippen molar-refractivity contribution in [1.82, 2.24) is 9.88 Å². The summed E-state index contributed by atoms with van der Waals surface area (Å²) in [6.45, 7) is 3.84. The first-order valence-corrected chi connectivity index (χ1v) is 8.96. The number of likely N-dealkylation sites (N-methyl/N-ethyl adjacent to an activating group) is 1. The number of carbonyl (C=O) groups excluding carboxylic acids is 1. The van der Waals surface area contributed by atoms with E-state index in [-0.39, 0.29) is 17.7 Å². The topological polar surface area (TPSA) is 85.8 Å². The quantitative estimate of drug-likeness (QED) is 0.862. The number of carboxylic acid groups (broad SMARTS) is 1. The predicted molar refractivity (Wildman–Crippen MR) is 95.7 cm³/mol. The van der Waals surface area contributed by atoms with Crippen molar-refractivity contribution in [2.24, 2.45) is 11.8 Å². The highest BCUT2D eigenvalue weighted by Crippen LogP contribution is 2.31. The van der Waals surface area contributed by atoms with Gasteiger partial charge in [0, 0.05) is 38.3 Å². The molecule has 1 aromatic rings. The van der Waals surface area contributed by atoms with Crippen LogP contribution in [0.15, 0.2) is 18.5 Å². The molecule has 1 saturated heterocycles. The maximum absolute atomic E-state index is 12.6. The van der Waals surface area contributed by atoms with Crippen LogP contribution in [0.2, 0.25) is 0 Å². The van der Waals surface area contributed by atoms with E-state index in [9.17, 15) is 9.59 Å². The summed E-state index contributed by atoms with van der Waals surface area (Å²) in [4.78, 5) is 32.4. The van der Waals surface area contributed by atoms with Crippen molar-refractivity contribution < 1.29 is 14.7 Å². The Morgan fingerprint density at radius 2 is 1.76 bits per heavy atom. The molecule has 7 nitrogen and oxygen atoms in total. The number of rotatable bonds is 4. The second-order valence-corrected chi connectivity index (χ2v) is 7.06. The van der Waals surface area contributed by atoms with E-state index in [1.54, 1.807) is 12.4 Å². The SMILES string of the molecule is CN1CCN(c2ccncc2NC(=O)C2CCC(C(=O)O)CC2)CC1. The molecule has 0 atom stereocenters. The number of carbonyl (C=O) groups is 2. The molecule has 0 bridgehead atoms. The first kappa shape index (κ1) is 17.7. The van der Waals surface area contributed by atoms with Crippen molar-refractivity contribution in [3.8, 4) is 0 Å². The minimum Gasteiger partial charge on any atom is -0.481 e. The van der Waals surface area contributed by atoms with Crippen LogP contribution < -0.4 is 10.2 Å². The number of piperazine rings is 1. The van der Waals surface area contributed by atoms with E-state index in [4.69, 9.17) is 5.11 Å². The maximum Gasteiger partial charge on any atom is 0.306 e. The van der Waals surface area contributed by atoms with E-state index < -0.39 is 5.97 Å². The van der Waals surface area contributed by atoms with Gasteiger partial charge in [0.1, 0.15) is 0 Å². The van der Waals surface area contributed by atoms with Crippen LogP contribution in [0.5, 0.6) is 0 Å². The van der Waals surface area contributed by atoms with Gasteiger partial charge in [-0.2, -0.15) is 0 Å². The standard InChI is InChI=1S/C18H26N4O3/c1-21-8-10-22(11-9-21)16-6-7-19-12-15(16)20-17(23)13-2-4-14(5-3-13)18(24)25/h6-7,12-14H,2-5,8-11H2,1H3,(H,20,23)(H,24,25). The van der Waals surface area contributed by atoms with Crippen molar-refractivity contribution in [3.63, 3.8) is 0 Å². The molecule has 0 aromatic carbocycles. The zero-order valence-corrected chi connectivity index (χ0v) is 14.6. The van der Waals surface area contributed by atoms with Gasteiger partial charge < -0.3 is 20.2 Å². The Morgan fingerprint density at radius 1 is 1.12 bits per heavy atom. The van der Waals surface area contributed by atoms with Crippen LogP contribution in [0.25, 0.3) is 0 Å². The van der Waals surface area contributed by atoms with Gasteiger partial charge in [0.15, 0.2) is 0 Å². The number of amides is 1. The van der Waals surface area contributed by atoms with Gasteiger partial charge in [-0.1, -0.05) is 0 Å². The summed E-state index contributed by atoms with van der Waals surface area (Å²) in [6.07, 6.45) is 5.87. The van der Waals surface area contributed by atoms with Gasteiger partial charge in [0.25, 0.3) is 0 Å². The van der Waals surface area contributed by atoms with Gasteiger partial charge in [-0.15, -0.1) is 0 Å². The highest BCUT2D eigenvalue weighted by atomic mass is 16.4. The summed E-state index contributed by atoms with van der Waals surface area (Å²) in [5.74, 6) is -1.19. The van der Waals surface area contributed by atoms with E-state index in [1.807, 2.05) is 6.07 Å². The van der Waals surface area contributed by atoms with E-state index in [2.05, 4.69) is 27.1 Å². The molecule has 3 rings (SSSR count). The molecule has 0 spiro atoms. The third-order valence-electron chi connectivity index (χ3n) is 5.35. The molecule has 1 amide bonds. The van der Waals surface area contributed by atoms with Crippen LogP contribution >= 0.6 is 0 Å². The van der Waals surface area contributed by atoms with Gasteiger partial charge in [0.05, 0.1) is 23.5 Å². The molecule has 0 unspecified atom stereocenters. The lowest BCUT2D eigenvalue weighted by atomic mass is 9.81. The highest BCUT2D eigenvalue weighted by Gasteiger charge is 2.30. The number of aromatic nitrogens is 1. The van der Waals surface area contributed by atoms with Crippen molar-refractivity contribution in [3.05, 3.63) is 18.5 Å². The van der Waals surface area contributed by atoms with Gasteiger partial charge in [-0.05, 0) is 38.8 Å². The van der Waals surface area contributed by atoms with Crippen LogP contribution in [-0.4, -0.2) is 60.1 Å². The Morgan fingerprint density at radius 3 is 2.40 bits per heavy atom. The van der Waals surface area contributed by atoms with Crippen molar-refractivity contribution in [1.29, 1.82) is 0 Å². The Bertz CT molecular complexity index is 621. The number of nitrogens with zero attached hydrogens (tertiary/aromatic N) is 3. The van der Waals surface area contributed by atoms with Crippen LogP contribution in [0.3, 0.4) is 0 Å². The Labute approximate surface area is 148 Å².